The summed E-state index contributed by atoms with van der Waals surface area (Å²) in [5.74, 6) is 1.76. The highest BCUT2D eigenvalue weighted by atomic mass is 15.3. The number of nitrogen functional groups attached to an aromatic ring is 1. The largest absolute Gasteiger partial charge is 0.368 e. The lowest BCUT2D eigenvalue weighted by Crippen LogP contribution is -2.33. The fourth-order valence-corrected chi connectivity index (χ4v) is 2.42. The van der Waals surface area contributed by atoms with E-state index in [-0.39, 0.29) is 0 Å². The second-order valence-corrected chi connectivity index (χ2v) is 4.92. The summed E-state index contributed by atoms with van der Waals surface area (Å²) in [5.41, 5.74) is 5.84. The Bertz CT molecular complexity index is 379. The Kier molecular flexibility index (Phi) is 4.76. The molecular weight excluding hydrogens is 240 g/mol. The fourth-order valence-electron chi connectivity index (χ4n) is 2.42. The van der Waals surface area contributed by atoms with Gasteiger partial charge in [-0.1, -0.05) is 6.92 Å². The summed E-state index contributed by atoms with van der Waals surface area (Å²) in [5, 5.41) is 0. The number of hydrogen-bond donors (Lipinski definition) is 1. The number of aromatic nitrogens is 3. The predicted molar refractivity (Wildman–Crippen MR) is 78.5 cm³/mol. The molecule has 1 saturated heterocycles. The molecule has 0 saturated carbocycles. The summed E-state index contributed by atoms with van der Waals surface area (Å²) >= 11 is 0. The summed E-state index contributed by atoms with van der Waals surface area (Å²) < 4.78 is 0. The van der Waals surface area contributed by atoms with Gasteiger partial charge in [0, 0.05) is 26.2 Å². The normalized spacial score (nSPS) is 15.6. The molecule has 0 bridgehead atoms. The monoisotopic (exact) mass is 264 g/mol. The van der Waals surface area contributed by atoms with Crippen LogP contribution in [0.1, 0.15) is 39.5 Å². The average Bonchev–Trinajstić information content (AvgIpc) is 2.45. The lowest BCUT2D eigenvalue weighted by atomic mass is 10.1. The maximum atomic E-state index is 5.84. The Balaban J connectivity index is 2.22. The van der Waals surface area contributed by atoms with Gasteiger partial charge in [-0.05, 0) is 32.6 Å². The number of nitrogens with two attached hydrogens (primary N) is 1. The predicted octanol–water partition coefficient (Wildman–Crippen LogP) is 1.68. The zero-order valence-corrected chi connectivity index (χ0v) is 12.0. The quantitative estimate of drug-likeness (QED) is 0.872. The van der Waals surface area contributed by atoms with E-state index < -0.39 is 0 Å². The summed E-state index contributed by atoms with van der Waals surface area (Å²) in [4.78, 5) is 17.5. The van der Waals surface area contributed by atoms with E-state index >= 15 is 0 Å². The van der Waals surface area contributed by atoms with Crippen molar-refractivity contribution in [1.29, 1.82) is 0 Å². The molecule has 6 heteroatoms. The van der Waals surface area contributed by atoms with Gasteiger partial charge in [0.2, 0.25) is 17.8 Å². The van der Waals surface area contributed by atoms with Crippen LogP contribution in [0.2, 0.25) is 0 Å². The minimum atomic E-state index is 0.320. The van der Waals surface area contributed by atoms with E-state index in [0.717, 1.165) is 38.5 Å². The molecule has 0 radical (unpaired) electrons. The molecular formula is C13H24N6. The van der Waals surface area contributed by atoms with Crippen molar-refractivity contribution < 1.29 is 0 Å². The number of nitrogens with zero attached hydrogens (tertiary/aromatic N) is 5. The Morgan fingerprint density at radius 1 is 1.11 bits per heavy atom. The highest BCUT2D eigenvalue weighted by molar-refractivity contribution is 5.43. The van der Waals surface area contributed by atoms with Gasteiger partial charge < -0.3 is 15.5 Å². The molecule has 1 aromatic heterocycles. The van der Waals surface area contributed by atoms with Crippen LogP contribution in [0.4, 0.5) is 17.8 Å². The molecule has 0 amide bonds. The van der Waals surface area contributed by atoms with Crippen molar-refractivity contribution in [3.05, 3.63) is 0 Å². The molecule has 0 aromatic carbocycles. The summed E-state index contributed by atoms with van der Waals surface area (Å²) in [6.07, 6.45) is 4.76. The van der Waals surface area contributed by atoms with Crippen LogP contribution in [0.5, 0.6) is 0 Å². The van der Waals surface area contributed by atoms with E-state index in [1.54, 1.807) is 0 Å². The van der Waals surface area contributed by atoms with E-state index in [9.17, 15) is 0 Å². The third-order valence-electron chi connectivity index (χ3n) is 3.43. The maximum Gasteiger partial charge on any atom is 0.231 e. The Morgan fingerprint density at radius 2 is 1.84 bits per heavy atom. The summed E-state index contributed by atoms with van der Waals surface area (Å²) in [7, 11) is 0. The van der Waals surface area contributed by atoms with Crippen molar-refractivity contribution in [1.82, 2.24) is 15.0 Å². The van der Waals surface area contributed by atoms with Gasteiger partial charge in [-0.25, -0.2) is 0 Å². The smallest absolute Gasteiger partial charge is 0.231 e. The van der Waals surface area contributed by atoms with Gasteiger partial charge in [0.15, 0.2) is 0 Å². The Hall–Kier alpha value is -1.59. The molecule has 0 unspecified atom stereocenters. The third kappa shape index (κ3) is 3.45. The zero-order chi connectivity index (χ0) is 13.7. The first-order valence-electron chi connectivity index (χ1n) is 7.26. The standard InChI is InChI=1S/C13H24N6/c1-3-8-18(4-2)12-15-11(14)16-13(17-12)19-9-6-5-7-10-19/h3-10H2,1-2H3,(H2,14,15,16,17). The molecule has 1 aliphatic heterocycles. The molecule has 0 atom stereocenters. The van der Waals surface area contributed by atoms with Crippen LogP contribution in [-0.4, -0.2) is 41.1 Å². The van der Waals surface area contributed by atoms with Crippen molar-refractivity contribution in [2.45, 2.75) is 39.5 Å². The SMILES string of the molecule is CCCN(CC)c1nc(N)nc(N2CCCCC2)n1. The first kappa shape index (κ1) is 13.8. The van der Waals surface area contributed by atoms with Crippen LogP contribution in [0.3, 0.4) is 0 Å². The van der Waals surface area contributed by atoms with Crippen LogP contribution >= 0.6 is 0 Å². The van der Waals surface area contributed by atoms with Crippen molar-refractivity contribution in [3.8, 4) is 0 Å². The highest BCUT2D eigenvalue weighted by Crippen LogP contribution is 2.19. The maximum absolute atomic E-state index is 5.84. The van der Waals surface area contributed by atoms with E-state index in [4.69, 9.17) is 5.73 Å². The number of hydrogen-bond acceptors (Lipinski definition) is 6. The fraction of sp³-hybridized carbons (Fsp3) is 0.769. The zero-order valence-electron chi connectivity index (χ0n) is 12.0. The molecule has 1 aliphatic rings. The Labute approximate surface area is 115 Å². The van der Waals surface area contributed by atoms with Gasteiger partial charge >= 0.3 is 0 Å². The number of rotatable bonds is 5. The van der Waals surface area contributed by atoms with Crippen molar-refractivity contribution in [3.63, 3.8) is 0 Å². The third-order valence-corrected chi connectivity index (χ3v) is 3.43. The van der Waals surface area contributed by atoms with Gasteiger partial charge in [-0.3, -0.25) is 0 Å². The number of piperidine rings is 1. The number of anilines is 3. The lowest BCUT2D eigenvalue weighted by Gasteiger charge is -2.28. The van der Waals surface area contributed by atoms with Crippen LogP contribution in [0.15, 0.2) is 0 Å². The van der Waals surface area contributed by atoms with Gasteiger partial charge in [-0.2, -0.15) is 15.0 Å². The van der Waals surface area contributed by atoms with Crippen LogP contribution in [0.25, 0.3) is 0 Å². The molecule has 0 spiro atoms. The van der Waals surface area contributed by atoms with Crippen molar-refractivity contribution >= 4 is 17.8 Å². The lowest BCUT2D eigenvalue weighted by molar-refractivity contribution is 0.567. The van der Waals surface area contributed by atoms with Crippen molar-refractivity contribution in [2.24, 2.45) is 0 Å². The van der Waals surface area contributed by atoms with Crippen molar-refractivity contribution in [2.75, 3.05) is 41.7 Å². The first-order valence-corrected chi connectivity index (χ1v) is 7.26. The second-order valence-electron chi connectivity index (χ2n) is 4.92. The van der Waals surface area contributed by atoms with Gasteiger partial charge in [0.05, 0.1) is 0 Å². The topological polar surface area (TPSA) is 71.2 Å². The molecule has 1 aromatic rings. The van der Waals surface area contributed by atoms with E-state index in [1.165, 1.54) is 19.3 Å². The minimum absolute atomic E-state index is 0.320. The van der Waals surface area contributed by atoms with Crippen LogP contribution in [-0.2, 0) is 0 Å². The minimum Gasteiger partial charge on any atom is -0.368 e. The average molecular weight is 264 g/mol. The Morgan fingerprint density at radius 3 is 2.47 bits per heavy atom. The van der Waals surface area contributed by atoms with Gasteiger partial charge in [0.1, 0.15) is 0 Å². The molecule has 0 aliphatic carbocycles. The van der Waals surface area contributed by atoms with E-state index in [2.05, 4.69) is 38.6 Å². The molecule has 19 heavy (non-hydrogen) atoms. The van der Waals surface area contributed by atoms with Crippen LogP contribution in [0, 0.1) is 0 Å². The highest BCUT2D eigenvalue weighted by Gasteiger charge is 2.17. The summed E-state index contributed by atoms with van der Waals surface area (Å²) in [6, 6.07) is 0. The summed E-state index contributed by atoms with van der Waals surface area (Å²) in [6.45, 7) is 8.12. The molecule has 6 nitrogen and oxygen atoms in total. The van der Waals surface area contributed by atoms with Gasteiger partial charge in [0.25, 0.3) is 0 Å². The first-order chi connectivity index (χ1) is 9.24. The van der Waals surface area contributed by atoms with Crippen LogP contribution < -0.4 is 15.5 Å². The van der Waals surface area contributed by atoms with E-state index in [1.807, 2.05) is 0 Å². The molecule has 2 rings (SSSR count). The molecule has 106 valence electrons. The molecule has 2 N–H and O–H groups in total. The van der Waals surface area contributed by atoms with E-state index in [0.29, 0.717) is 11.9 Å². The second kappa shape index (κ2) is 6.54. The molecule has 1 fully saturated rings. The molecule has 2 heterocycles. The van der Waals surface area contributed by atoms with Gasteiger partial charge in [-0.15, -0.1) is 0 Å².